The second kappa shape index (κ2) is 18.3. The van der Waals surface area contributed by atoms with Crippen LogP contribution in [0.15, 0.2) is 0 Å². The lowest BCUT2D eigenvalue weighted by Crippen LogP contribution is -2.15. The van der Waals surface area contributed by atoms with Crippen LogP contribution >= 0.6 is 0 Å². The second-order valence-corrected chi connectivity index (χ2v) is 7.38. The average Bonchev–Trinajstić information content (AvgIpc) is 2.53. The number of aliphatic hydroxyl groups is 2. The number of rotatable bonds is 18. The van der Waals surface area contributed by atoms with E-state index in [0.29, 0.717) is 12.3 Å². The summed E-state index contributed by atoms with van der Waals surface area (Å²) in [6.07, 6.45) is 19.9. The van der Waals surface area contributed by atoms with E-state index >= 15 is 0 Å². The Bertz CT molecular complexity index is 202. The Morgan fingerprint density at radius 2 is 1.04 bits per heavy atom. The van der Waals surface area contributed by atoms with Gasteiger partial charge < -0.3 is 10.2 Å². The molecule has 0 spiro atoms. The lowest BCUT2D eigenvalue weighted by Gasteiger charge is -2.20. The van der Waals surface area contributed by atoms with E-state index in [4.69, 9.17) is 5.11 Å². The first-order chi connectivity index (χ1) is 11.2. The van der Waals surface area contributed by atoms with Crippen molar-refractivity contribution in [3.63, 3.8) is 0 Å². The van der Waals surface area contributed by atoms with Gasteiger partial charge in [0.15, 0.2) is 0 Å². The van der Waals surface area contributed by atoms with Gasteiger partial charge in [-0.3, -0.25) is 0 Å². The van der Waals surface area contributed by atoms with Gasteiger partial charge in [-0.15, -0.1) is 0 Å². The van der Waals surface area contributed by atoms with Gasteiger partial charge in [0.2, 0.25) is 0 Å². The predicted octanol–water partition coefficient (Wildman–Crippen LogP) is 6.24. The van der Waals surface area contributed by atoms with E-state index in [1.165, 1.54) is 89.9 Å². The first-order valence-corrected chi connectivity index (χ1v) is 10.5. The molecule has 0 aromatic heterocycles. The number of unbranched alkanes of at least 4 members (excludes halogenated alkanes) is 10. The van der Waals surface area contributed by atoms with E-state index < -0.39 is 0 Å². The number of hydrogen-bond acceptors (Lipinski definition) is 2. The molecule has 0 saturated carbocycles. The van der Waals surface area contributed by atoms with E-state index in [1.807, 2.05) is 0 Å². The van der Waals surface area contributed by atoms with Crippen LogP contribution in [-0.2, 0) is 0 Å². The Kier molecular flexibility index (Phi) is 18.2. The maximum absolute atomic E-state index is 10.0. The van der Waals surface area contributed by atoms with Crippen LogP contribution in [0.25, 0.3) is 0 Å². The third-order valence-corrected chi connectivity index (χ3v) is 5.00. The van der Waals surface area contributed by atoms with Crippen molar-refractivity contribution in [2.75, 3.05) is 6.61 Å². The van der Waals surface area contributed by atoms with Gasteiger partial charge in [-0.2, -0.15) is 0 Å². The SMILES string of the molecule is CCCCCCCCC(CCCCCCCC)C[C@@H](O)CCO. The summed E-state index contributed by atoms with van der Waals surface area (Å²) < 4.78 is 0. The van der Waals surface area contributed by atoms with Crippen LogP contribution in [0, 0.1) is 5.92 Å². The molecular weight excluding hydrogens is 284 g/mol. The van der Waals surface area contributed by atoms with Gasteiger partial charge in [-0.05, 0) is 18.8 Å². The summed E-state index contributed by atoms with van der Waals surface area (Å²) in [5.41, 5.74) is 0. The number of aliphatic hydroxyl groups excluding tert-OH is 2. The summed E-state index contributed by atoms with van der Waals surface area (Å²) in [5, 5.41) is 19.0. The van der Waals surface area contributed by atoms with Crippen LogP contribution in [-0.4, -0.2) is 22.9 Å². The van der Waals surface area contributed by atoms with E-state index in [-0.39, 0.29) is 12.7 Å². The zero-order valence-electron chi connectivity index (χ0n) is 16.1. The molecule has 0 aromatic carbocycles. The van der Waals surface area contributed by atoms with E-state index in [1.54, 1.807) is 0 Å². The van der Waals surface area contributed by atoms with Crippen LogP contribution in [0.1, 0.15) is 117 Å². The highest BCUT2D eigenvalue weighted by molar-refractivity contribution is 4.66. The molecule has 0 radical (unpaired) electrons. The fraction of sp³-hybridized carbons (Fsp3) is 1.00. The van der Waals surface area contributed by atoms with Crippen molar-refractivity contribution in [3.8, 4) is 0 Å². The van der Waals surface area contributed by atoms with Crippen molar-refractivity contribution < 1.29 is 10.2 Å². The molecular formula is C21H44O2. The van der Waals surface area contributed by atoms with Crippen molar-refractivity contribution >= 4 is 0 Å². The molecule has 0 aromatic rings. The third kappa shape index (κ3) is 16.6. The summed E-state index contributed by atoms with van der Waals surface area (Å²) in [6.45, 7) is 4.64. The molecule has 0 bridgehead atoms. The Morgan fingerprint density at radius 3 is 1.48 bits per heavy atom. The Morgan fingerprint density at radius 1 is 0.609 bits per heavy atom. The summed E-state index contributed by atoms with van der Waals surface area (Å²) in [5.74, 6) is 0.661. The highest BCUT2D eigenvalue weighted by Crippen LogP contribution is 2.24. The Labute approximate surface area is 146 Å². The first kappa shape index (κ1) is 22.9. The largest absolute Gasteiger partial charge is 0.396 e. The van der Waals surface area contributed by atoms with Gasteiger partial charge in [0.1, 0.15) is 0 Å². The topological polar surface area (TPSA) is 40.5 Å². The third-order valence-electron chi connectivity index (χ3n) is 5.00. The maximum atomic E-state index is 10.0. The lowest BCUT2D eigenvalue weighted by molar-refractivity contribution is 0.103. The molecule has 2 heteroatoms. The van der Waals surface area contributed by atoms with Crippen molar-refractivity contribution in [2.24, 2.45) is 5.92 Å². The quantitative estimate of drug-likeness (QED) is 0.292. The molecule has 2 nitrogen and oxygen atoms in total. The smallest absolute Gasteiger partial charge is 0.0564 e. The van der Waals surface area contributed by atoms with Gasteiger partial charge in [0.05, 0.1) is 6.10 Å². The highest BCUT2D eigenvalue weighted by Gasteiger charge is 2.14. The minimum Gasteiger partial charge on any atom is -0.396 e. The molecule has 0 unspecified atom stereocenters. The van der Waals surface area contributed by atoms with Crippen molar-refractivity contribution in [1.82, 2.24) is 0 Å². The molecule has 0 aliphatic carbocycles. The van der Waals surface area contributed by atoms with Crippen LogP contribution < -0.4 is 0 Å². The minimum absolute atomic E-state index is 0.113. The zero-order valence-corrected chi connectivity index (χ0v) is 16.1. The molecule has 0 fully saturated rings. The zero-order chi connectivity index (χ0) is 17.2. The lowest BCUT2D eigenvalue weighted by atomic mass is 9.89. The average molecular weight is 329 g/mol. The molecule has 140 valence electrons. The molecule has 23 heavy (non-hydrogen) atoms. The molecule has 0 aliphatic heterocycles. The van der Waals surface area contributed by atoms with Crippen LogP contribution in [0.5, 0.6) is 0 Å². The molecule has 0 saturated heterocycles. The first-order valence-electron chi connectivity index (χ1n) is 10.5. The molecule has 2 N–H and O–H groups in total. The number of hydrogen-bond donors (Lipinski definition) is 2. The normalized spacial score (nSPS) is 12.9. The minimum atomic E-state index is -0.301. The predicted molar refractivity (Wildman–Crippen MR) is 102 cm³/mol. The molecule has 0 amide bonds. The monoisotopic (exact) mass is 328 g/mol. The summed E-state index contributed by atoms with van der Waals surface area (Å²) >= 11 is 0. The van der Waals surface area contributed by atoms with E-state index in [9.17, 15) is 5.11 Å². The summed E-state index contributed by atoms with van der Waals surface area (Å²) in [7, 11) is 0. The van der Waals surface area contributed by atoms with Crippen LogP contribution in [0.2, 0.25) is 0 Å². The van der Waals surface area contributed by atoms with Gasteiger partial charge in [0, 0.05) is 6.61 Å². The van der Waals surface area contributed by atoms with Gasteiger partial charge in [-0.1, -0.05) is 104 Å². The van der Waals surface area contributed by atoms with Gasteiger partial charge in [0.25, 0.3) is 0 Å². The van der Waals surface area contributed by atoms with Crippen molar-refractivity contribution in [2.45, 2.75) is 123 Å². The molecule has 0 aliphatic rings. The Balaban J connectivity index is 3.84. The molecule has 1 atom stereocenters. The van der Waals surface area contributed by atoms with Gasteiger partial charge in [-0.25, -0.2) is 0 Å². The molecule has 0 rings (SSSR count). The van der Waals surface area contributed by atoms with Gasteiger partial charge >= 0.3 is 0 Å². The van der Waals surface area contributed by atoms with Crippen molar-refractivity contribution in [3.05, 3.63) is 0 Å². The van der Waals surface area contributed by atoms with Crippen molar-refractivity contribution in [1.29, 1.82) is 0 Å². The Hall–Kier alpha value is -0.0800. The summed E-state index contributed by atoms with van der Waals surface area (Å²) in [4.78, 5) is 0. The fourth-order valence-corrected chi connectivity index (χ4v) is 3.46. The highest BCUT2D eigenvalue weighted by atomic mass is 16.3. The standard InChI is InChI=1S/C21H44O2/c1-3-5-7-9-11-13-15-20(19-21(23)17-18-22)16-14-12-10-8-6-4-2/h20-23H,3-19H2,1-2H3/t21-/m0/s1. The maximum Gasteiger partial charge on any atom is 0.0564 e. The second-order valence-electron chi connectivity index (χ2n) is 7.38. The van der Waals surface area contributed by atoms with E-state index in [0.717, 1.165) is 6.42 Å². The van der Waals surface area contributed by atoms with Crippen LogP contribution in [0.4, 0.5) is 0 Å². The molecule has 0 heterocycles. The van der Waals surface area contributed by atoms with E-state index in [2.05, 4.69) is 13.8 Å². The fourth-order valence-electron chi connectivity index (χ4n) is 3.46. The van der Waals surface area contributed by atoms with Crippen LogP contribution in [0.3, 0.4) is 0 Å². The summed E-state index contributed by atoms with van der Waals surface area (Å²) in [6, 6.07) is 0.